The van der Waals surface area contributed by atoms with Crippen LogP contribution in [-0.2, 0) is 11.8 Å². The maximum atomic E-state index is 12.7. The Labute approximate surface area is 220 Å². The van der Waals surface area contributed by atoms with E-state index in [4.69, 9.17) is 25.1 Å². The molecule has 200 valence electrons. The van der Waals surface area contributed by atoms with Gasteiger partial charge in [0.1, 0.15) is 22.9 Å². The summed E-state index contributed by atoms with van der Waals surface area (Å²) in [5, 5.41) is 15.8. The van der Waals surface area contributed by atoms with E-state index in [1.165, 1.54) is 25.0 Å². The van der Waals surface area contributed by atoms with Crippen LogP contribution in [0.15, 0.2) is 52.1 Å². The van der Waals surface area contributed by atoms with Crippen molar-refractivity contribution in [2.45, 2.75) is 6.18 Å². The molecule has 0 aliphatic carbocycles. The number of benzene rings is 1. The fraction of sp³-hybridized carbons (Fsp3) is 0.182. The van der Waals surface area contributed by atoms with Gasteiger partial charge in [-0.25, -0.2) is 14.8 Å². The van der Waals surface area contributed by atoms with Crippen LogP contribution in [0.25, 0.3) is 28.3 Å². The Morgan fingerprint density at radius 1 is 1.13 bits per heavy atom. The van der Waals surface area contributed by atoms with Crippen molar-refractivity contribution in [2.75, 3.05) is 20.0 Å². The minimum atomic E-state index is -5.08. The number of nitrogen functional groups attached to an aromatic ring is 1. The number of carbonyl (C=O) groups is 1. The van der Waals surface area contributed by atoms with Crippen molar-refractivity contribution in [1.82, 2.24) is 29.5 Å². The maximum absolute atomic E-state index is 12.7. The largest absolute Gasteiger partial charge is 0.497 e. The molecule has 16 heteroatoms. The highest BCUT2D eigenvalue weighted by Gasteiger charge is 2.38. The fourth-order valence-electron chi connectivity index (χ4n) is 2.97. The number of nitrogens with two attached hydrogens (primary N) is 1. The van der Waals surface area contributed by atoms with Gasteiger partial charge in [0.05, 0.1) is 42.5 Å². The summed E-state index contributed by atoms with van der Waals surface area (Å²) in [5.41, 5.74) is 8.27. The summed E-state index contributed by atoms with van der Waals surface area (Å²) in [7, 11) is 4.86. The van der Waals surface area contributed by atoms with Gasteiger partial charge in [-0.2, -0.15) is 28.1 Å². The number of hydrogen-bond acceptors (Lipinski definition) is 9. The van der Waals surface area contributed by atoms with Gasteiger partial charge in [0.15, 0.2) is 5.82 Å². The number of halogens is 4. The van der Waals surface area contributed by atoms with E-state index in [1.54, 1.807) is 35.3 Å². The molecular formula is C22H19BrF3N7O5. The number of alkyl halides is 3. The number of hydrogen-bond donors (Lipinski definition) is 2. The van der Waals surface area contributed by atoms with E-state index in [1.807, 2.05) is 13.2 Å². The highest BCUT2D eigenvalue weighted by Crippen LogP contribution is 2.35. The van der Waals surface area contributed by atoms with E-state index in [0.29, 0.717) is 38.7 Å². The van der Waals surface area contributed by atoms with E-state index in [-0.39, 0.29) is 11.4 Å². The second-order valence-electron chi connectivity index (χ2n) is 7.33. The van der Waals surface area contributed by atoms with Gasteiger partial charge < -0.3 is 20.3 Å². The molecule has 0 atom stereocenters. The molecule has 0 aliphatic rings. The number of ether oxygens (including phenoxy) is 2. The van der Waals surface area contributed by atoms with Crippen LogP contribution in [0, 0.1) is 0 Å². The fourth-order valence-corrected chi connectivity index (χ4v) is 3.53. The monoisotopic (exact) mass is 597 g/mol. The number of carboxylic acids is 1. The van der Waals surface area contributed by atoms with Gasteiger partial charge in [0, 0.05) is 37.0 Å². The molecule has 0 aliphatic heterocycles. The Balaban J connectivity index is 0.000000505. The zero-order chi connectivity index (χ0) is 28.2. The molecule has 3 N–H and O–H groups in total. The SMILES string of the molecule is COc1cc(OC)c(Br)c(-n2nc(-c3nc(-c4cnn(C)c4)cnc3N)ccc2=O)c1.O=C(O)C(F)(F)F. The lowest BCUT2D eigenvalue weighted by molar-refractivity contribution is -0.192. The van der Waals surface area contributed by atoms with Crippen molar-refractivity contribution >= 4 is 27.7 Å². The summed E-state index contributed by atoms with van der Waals surface area (Å²) in [6.45, 7) is 0. The maximum Gasteiger partial charge on any atom is 0.490 e. The third-order valence-electron chi connectivity index (χ3n) is 4.76. The smallest absolute Gasteiger partial charge is 0.490 e. The summed E-state index contributed by atoms with van der Waals surface area (Å²) in [6, 6.07) is 6.31. The van der Waals surface area contributed by atoms with Crippen molar-refractivity contribution < 1.29 is 32.5 Å². The summed E-state index contributed by atoms with van der Waals surface area (Å²) in [6.07, 6.45) is -0.0225. The molecule has 1 aromatic carbocycles. The molecule has 12 nitrogen and oxygen atoms in total. The number of aromatic nitrogens is 6. The topological polar surface area (TPSA) is 160 Å². The van der Waals surface area contributed by atoms with Gasteiger partial charge in [-0.15, -0.1) is 0 Å². The summed E-state index contributed by atoms with van der Waals surface area (Å²) >= 11 is 3.47. The first kappa shape index (κ1) is 28.1. The minimum Gasteiger partial charge on any atom is -0.497 e. The van der Waals surface area contributed by atoms with Crippen LogP contribution in [0.4, 0.5) is 19.0 Å². The lowest BCUT2D eigenvalue weighted by Crippen LogP contribution is -2.21. The second kappa shape index (κ2) is 11.3. The highest BCUT2D eigenvalue weighted by molar-refractivity contribution is 9.10. The molecule has 0 saturated heterocycles. The molecule has 0 fully saturated rings. The Kier molecular flexibility index (Phi) is 8.35. The van der Waals surface area contributed by atoms with Crippen LogP contribution >= 0.6 is 15.9 Å². The van der Waals surface area contributed by atoms with Gasteiger partial charge in [0.25, 0.3) is 5.56 Å². The van der Waals surface area contributed by atoms with E-state index in [0.717, 1.165) is 5.56 Å². The Morgan fingerprint density at radius 3 is 2.37 bits per heavy atom. The second-order valence-corrected chi connectivity index (χ2v) is 8.12. The Bertz CT molecular complexity index is 1540. The van der Waals surface area contributed by atoms with Crippen molar-refractivity contribution in [3.05, 3.63) is 57.7 Å². The summed E-state index contributed by atoms with van der Waals surface area (Å²) < 4.78 is 45.9. The average molecular weight is 598 g/mol. The van der Waals surface area contributed by atoms with E-state index >= 15 is 0 Å². The standard InChI is InChI=1S/C20H18BrN7O3.C2HF3O2/c1-27-10-11(8-24-27)14-9-23-20(22)19(25-14)13-4-5-17(29)28(26-13)15-6-12(30-2)7-16(31-3)18(15)21;3-2(4,5)1(6)7/h4-10H,1-3H3,(H2,22,23);(H,6,7). The number of aliphatic carboxylic acids is 1. The predicted octanol–water partition coefficient (Wildman–Crippen LogP) is 3.09. The van der Waals surface area contributed by atoms with Gasteiger partial charge >= 0.3 is 12.1 Å². The molecule has 0 unspecified atom stereocenters. The van der Waals surface area contributed by atoms with E-state index in [2.05, 4.69) is 36.1 Å². The summed E-state index contributed by atoms with van der Waals surface area (Å²) in [4.78, 5) is 30.4. The predicted molar refractivity (Wildman–Crippen MR) is 132 cm³/mol. The first-order valence-corrected chi connectivity index (χ1v) is 11.1. The third kappa shape index (κ3) is 6.26. The van der Waals surface area contributed by atoms with Gasteiger partial charge in [-0.05, 0) is 22.0 Å². The summed E-state index contributed by atoms with van der Waals surface area (Å²) in [5.74, 6) is -1.57. The molecule has 0 amide bonds. The molecule has 0 bridgehead atoms. The van der Waals surface area contributed by atoms with Crippen LogP contribution in [0.2, 0.25) is 0 Å². The zero-order valence-electron chi connectivity index (χ0n) is 19.9. The Morgan fingerprint density at radius 2 is 1.82 bits per heavy atom. The Hall–Kier alpha value is -4.47. The first-order chi connectivity index (χ1) is 17.8. The van der Waals surface area contributed by atoms with Gasteiger partial charge in [-0.3, -0.25) is 9.48 Å². The lowest BCUT2D eigenvalue weighted by atomic mass is 10.2. The van der Waals surface area contributed by atoms with Crippen LogP contribution in [0.5, 0.6) is 11.5 Å². The first-order valence-electron chi connectivity index (χ1n) is 10.3. The van der Waals surface area contributed by atoms with Crippen molar-refractivity contribution in [2.24, 2.45) is 7.05 Å². The molecule has 0 saturated carbocycles. The van der Waals surface area contributed by atoms with Crippen LogP contribution in [0.3, 0.4) is 0 Å². The number of aryl methyl sites for hydroxylation is 1. The van der Waals surface area contributed by atoms with Crippen LogP contribution in [0.1, 0.15) is 0 Å². The minimum absolute atomic E-state index is 0.188. The number of nitrogens with zero attached hydrogens (tertiary/aromatic N) is 6. The lowest BCUT2D eigenvalue weighted by Gasteiger charge is -2.14. The molecule has 4 rings (SSSR count). The molecular weight excluding hydrogens is 579 g/mol. The van der Waals surface area contributed by atoms with Gasteiger partial charge in [-0.1, -0.05) is 0 Å². The van der Waals surface area contributed by atoms with Crippen LogP contribution in [-0.4, -0.2) is 61.0 Å². The molecule has 0 radical (unpaired) electrons. The van der Waals surface area contributed by atoms with E-state index in [9.17, 15) is 18.0 Å². The zero-order valence-corrected chi connectivity index (χ0v) is 21.5. The normalized spacial score (nSPS) is 10.9. The quantitative estimate of drug-likeness (QED) is 0.350. The van der Waals surface area contributed by atoms with Gasteiger partial charge in [0.2, 0.25) is 0 Å². The third-order valence-corrected chi connectivity index (χ3v) is 5.56. The average Bonchev–Trinajstić information content (AvgIpc) is 3.31. The molecule has 3 heterocycles. The van der Waals surface area contributed by atoms with Crippen molar-refractivity contribution in [3.63, 3.8) is 0 Å². The number of carboxylic acid groups (broad SMARTS) is 1. The van der Waals surface area contributed by atoms with Crippen molar-refractivity contribution in [3.8, 4) is 39.8 Å². The molecule has 38 heavy (non-hydrogen) atoms. The number of methoxy groups -OCH3 is 2. The molecule has 3 aromatic heterocycles. The van der Waals surface area contributed by atoms with E-state index < -0.39 is 12.1 Å². The number of rotatable bonds is 5. The van der Waals surface area contributed by atoms with Crippen molar-refractivity contribution in [1.29, 1.82) is 0 Å². The molecule has 0 spiro atoms. The highest BCUT2D eigenvalue weighted by atomic mass is 79.9. The molecule has 4 aromatic rings. The number of anilines is 1. The van der Waals surface area contributed by atoms with Crippen LogP contribution < -0.4 is 20.8 Å².